The van der Waals surface area contributed by atoms with Crippen molar-refractivity contribution in [2.24, 2.45) is 5.73 Å². The van der Waals surface area contributed by atoms with Crippen molar-refractivity contribution in [2.45, 2.75) is 30.8 Å². The standard InChI is InChI=1S/C28H26Br2N8O2/c29-19-9-17(10-20(30)11-19)27(40)36-7-2-21(3-8-36)37-15-28(16-37,4-5-31)38-14-18(12-35-38)24-22-1-6-33-26(22)34-13-23(24)25(32)39/h1,6,9-14,21H,2-4,7-8,15-16H2,(H2,32,39)(H,33,34). The first-order valence-electron chi connectivity index (χ1n) is 13.0. The molecular weight excluding hydrogens is 640 g/mol. The van der Waals surface area contributed by atoms with Gasteiger partial charge in [-0.3, -0.25) is 19.2 Å². The zero-order chi connectivity index (χ0) is 28.0. The molecule has 3 aromatic heterocycles. The van der Waals surface area contributed by atoms with E-state index in [9.17, 15) is 14.9 Å². The van der Waals surface area contributed by atoms with Crippen molar-refractivity contribution in [1.29, 1.82) is 5.26 Å². The molecule has 0 atom stereocenters. The molecule has 1 aromatic carbocycles. The van der Waals surface area contributed by atoms with Gasteiger partial charge in [-0.05, 0) is 37.1 Å². The van der Waals surface area contributed by atoms with Gasteiger partial charge in [-0.2, -0.15) is 10.4 Å². The molecule has 2 saturated heterocycles. The van der Waals surface area contributed by atoms with Gasteiger partial charge in [0.05, 0.1) is 24.3 Å². The highest BCUT2D eigenvalue weighted by Crippen LogP contribution is 2.38. The first-order valence-corrected chi connectivity index (χ1v) is 14.5. The molecule has 4 aromatic rings. The Bertz CT molecular complexity index is 1640. The van der Waals surface area contributed by atoms with E-state index in [0.29, 0.717) is 61.0 Å². The molecule has 0 unspecified atom stereocenters. The molecule has 0 radical (unpaired) electrons. The Morgan fingerprint density at radius 3 is 2.55 bits per heavy atom. The molecule has 10 nitrogen and oxygen atoms in total. The third-order valence-corrected chi connectivity index (χ3v) is 8.91. The summed E-state index contributed by atoms with van der Waals surface area (Å²) in [5, 5.41) is 15.1. The summed E-state index contributed by atoms with van der Waals surface area (Å²) in [6, 6.07) is 10.2. The van der Waals surface area contributed by atoms with E-state index in [4.69, 9.17) is 5.73 Å². The maximum atomic E-state index is 13.1. The first-order chi connectivity index (χ1) is 19.3. The first kappa shape index (κ1) is 26.7. The van der Waals surface area contributed by atoms with E-state index < -0.39 is 11.4 Å². The number of aromatic amines is 1. The summed E-state index contributed by atoms with van der Waals surface area (Å²) >= 11 is 6.93. The number of halogens is 2. The number of carbonyl (C=O) groups excluding carboxylic acids is 2. The van der Waals surface area contributed by atoms with E-state index in [1.54, 1.807) is 12.4 Å². The molecule has 12 heteroatoms. The number of piperidine rings is 1. The highest BCUT2D eigenvalue weighted by Gasteiger charge is 2.48. The Labute approximate surface area is 247 Å². The number of benzene rings is 1. The lowest BCUT2D eigenvalue weighted by Crippen LogP contribution is -2.66. The number of nitriles is 1. The topological polar surface area (TPSA) is 137 Å². The van der Waals surface area contributed by atoms with Crippen molar-refractivity contribution in [3.05, 3.63) is 69.1 Å². The van der Waals surface area contributed by atoms with Crippen LogP contribution in [0.15, 0.2) is 58.0 Å². The Morgan fingerprint density at radius 1 is 1.15 bits per heavy atom. The number of pyridine rings is 1. The number of nitrogens with one attached hydrogen (secondary N) is 1. The predicted octanol–water partition coefficient (Wildman–Crippen LogP) is 4.28. The molecule has 5 heterocycles. The van der Waals surface area contributed by atoms with Crippen LogP contribution in [0.5, 0.6) is 0 Å². The average molecular weight is 666 g/mol. The van der Waals surface area contributed by atoms with Crippen molar-refractivity contribution in [1.82, 2.24) is 29.5 Å². The molecule has 2 aliphatic heterocycles. The Kier molecular flexibility index (Phi) is 6.98. The predicted molar refractivity (Wildman–Crippen MR) is 156 cm³/mol. The number of hydrogen-bond donors (Lipinski definition) is 2. The smallest absolute Gasteiger partial charge is 0.253 e. The van der Waals surface area contributed by atoms with E-state index in [1.807, 2.05) is 40.0 Å². The molecule has 204 valence electrons. The Hall–Kier alpha value is -3.53. The number of nitrogens with zero attached hydrogens (tertiary/aromatic N) is 6. The molecule has 0 saturated carbocycles. The van der Waals surface area contributed by atoms with Crippen LogP contribution in [0.2, 0.25) is 0 Å². The monoisotopic (exact) mass is 664 g/mol. The molecule has 0 spiro atoms. The zero-order valence-corrected chi connectivity index (χ0v) is 24.7. The van der Waals surface area contributed by atoms with Crippen molar-refractivity contribution in [3.8, 4) is 17.2 Å². The number of likely N-dealkylation sites (tertiary alicyclic amines) is 2. The highest BCUT2D eigenvalue weighted by atomic mass is 79.9. The van der Waals surface area contributed by atoms with Crippen LogP contribution in [0.25, 0.3) is 22.2 Å². The normalized spacial score (nSPS) is 17.5. The van der Waals surface area contributed by atoms with Gasteiger partial charge >= 0.3 is 0 Å². The summed E-state index contributed by atoms with van der Waals surface area (Å²) in [7, 11) is 0. The summed E-state index contributed by atoms with van der Waals surface area (Å²) in [5.41, 5.74) is 8.30. The van der Waals surface area contributed by atoms with E-state index in [-0.39, 0.29) is 5.91 Å². The maximum absolute atomic E-state index is 13.1. The van der Waals surface area contributed by atoms with Gasteiger partial charge in [0.15, 0.2) is 0 Å². The van der Waals surface area contributed by atoms with Gasteiger partial charge in [-0.1, -0.05) is 31.9 Å². The Morgan fingerprint density at radius 2 is 1.88 bits per heavy atom. The minimum Gasteiger partial charge on any atom is -0.366 e. The highest BCUT2D eigenvalue weighted by molar-refractivity contribution is 9.11. The molecule has 0 aliphatic carbocycles. The summed E-state index contributed by atoms with van der Waals surface area (Å²) in [6.45, 7) is 2.76. The summed E-state index contributed by atoms with van der Waals surface area (Å²) < 4.78 is 3.60. The minimum atomic E-state index is -0.558. The molecule has 40 heavy (non-hydrogen) atoms. The molecule has 2 fully saturated rings. The number of hydrogen-bond acceptors (Lipinski definition) is 6. The van der Waals surface area contributed by atoms with Crippen LogP contribution < -0.4 is 5.73 Å². The van der Waals surface area contributed by atoms with Gasteiger partial charge in [0.25, 0.3) is 11.8 Å². The van der Waals surface area contributed by atoms with Gasteiger partial charge in [0, 0.05) is 81.8 Å². The van der Waals surface area contributed by atoms with Crippen LogP contribution in [0.3, 0.4) is 0 Å². The summed E-state index contributed by atoms with van der Waals surface area (Å²) in [6.07, 6.45) is 8.94. The van der Waals surface area contributed by atoms with Crippen molar-refractivity contribution in [2.75, 3.05) is 26.2 Å². The number of fused-ring (bicyclic) bond motifs is 1. The van der Waals surface area contributed by atoms with Crippen molar-refractivity contribution >= 4 is 54.7 Å². The van der Waals surface area contributed by atoms with Crippen LogP contribution >= 0.6 is 31.9 Å². The molecule has 2 amide bonds. The van der Waals surface area contributed by atoms with Crippen LogP contribution in [0.1, 0.15) is 40.0 Å². The van der Waals surface area contributed by atoms with Gasteiger partial charge in [0.2, 0.25) is 0 Å². The quantitative estimate of drug-likeness (QED) is 0.316. The minimum absolute atomic E-state index is 0.0370. The largest absolute Gasteiger partial charge is 0.366 e. The molecule has 3 N–H and O–H groups in total. The third-order valence-electron chi connectivity index (χ3n) is 7.99. The summed E-state index contributed by atoms with van der Waals surface area (Å²) in [4.78, 5) is 37.0. The van der Waals surface area contributed by atoms with E-state index in [2.05, 4.69) is 57.9 Å². The van der Waals surface area contributed by atoms with Gasteiger partial charge in [0.1, 0.15) is 11.2 Å². The van der Waals surface area contributed by atoms with Crippen LogP contribution in [0, 0.1) is 11.3 Å². The Balaban J connectivity index is 1.16. The van der Waals surface area contributed by atoms with Gasteiger partial charge < -0.3 is 15.6 Å². The third kappa shape index (κ3) is 4.72. The molecular formula is C28H26Br2N8O2. The maximum Gasteiger partial charge on any atom is 0.253 e. The number of amides is 2. The number of carbonyl (C=O) groups is 2. The van der Waals surface area contributed by atoms with Crippen LogP contribution in [0.4, 0.5) is 0 Å². The molecule has 2 aliphatic rings. The molecule has 0 bridgehead atoms. The number of aromatic nitrogens is 4. The van der Waals surface area contributed by atoms with Crippen molar-refractivity contribution in [3.63, 3.8) is 0 Å². The van der Waals surface area contributed by atoms with Gasteiger partial charge in [-0.25, -0.2) is 4.98 Å². The summed E-state index contributed by atoms with van der Waals surface area (Å²) in [5.74, 6) is -0.521. The van der Waals surface area contributed by atoms with Crippen LogP contribution in [-0.4, -0.2) is 73.6 Å². The lowest BCUT2D eigenvalue weighted by molar-refractivity contribution is -0.0412. The molecule has 6 rings (SSSR count). The second-order valence-corrected chi connectivity index (χ2v) is 12.3. The fourth-order valence-corrected chi connectivity index (χ4v) is 7.26. The number of primary amides is 1. The number of rotatable bonds is 6. The van der Waals surface area contributed by atoms with E-state index >= 15 is 0 Å². The SMILES string of the molecule is N#CCC1(n2cc(-c3c(C(N)=O)cnc4[nH]ccc34)cn2)CN(C2CCN(C(=O)c3cc(Br)cc(Br)c3)CC2)C1. The zero-order valence-electron chi connectivity index (χ0n) is 21.5. The fourth-order valence-electron chi connectivity index (χ4n) is 5.96. The fraction of sp³-hybridized carbons (Fsp3) is 0.321. The van der Waals surface area contributed by atoms with E-state index in [0.717, 1.165) is 32.7 Å². The van der Waals surface area contributed by atoms with Crippen molar-refractivity contribution < 1.29 is 9.59 Å². The van der Waals surface area contributed by atoms with Gasteiger partial charge in [-0.15, -0.1) is 0 Å². The number of nitrogens with two attached hydrogens (primary N) is 1. The second kappa shape index (κ2) is 10.5. The average Bonchev–Trinajstić information content (AvgIpc) is 3.59. The van der Waals surface area contributed by atoms with E-state index in [1.165, 1.54) is 6.20 Å². The lowest BCUT2D eigenvalue weighted by atomic mass is 9.83. The number of H-pyrrole nitrogens is 1. The second-order valence-electron chi connectivity index (χ2n) is 10.5. The van der Waals surface area contributed by atoms with Crippen LogP contribution in [-0.2, 0) is 5.54 Å². The lowest BCUT2D eigenvalue weighted by Gasteiger charge is -2.53.